The van der Waals surface area contributed by atoms with Gasteiger partial charge in [0, 0.05) is 31.2 Å². The van der Waals surface area contributed by atoms with Crippen LogP contribution < -0.4 is 9.47 Å². The molecule has 1 amide bonds. The van der Waals surface area contributed by atoms with Crippen molar-refractivity contribution in [2.45, 2.75) is 6.54 Å². The molecule has 0 N–H and O–H groups in total. The van der Waals surface area contributed by atoms with Crippen molar-refractivity contribution in [3.05, 3.63) is 58.3 Å². The number of ether oxygens (including phenoxy) is 2. The summed E-state index contributed by atoms with van der Waals surface area (Å²) in [5.41, 5.74) is 0.859. The number of carbonyl (C=O) groups excluding carboxylic acids is 1. The Kier molecular flexibility index (Phi) is 7.09. The molecule has 0 saturated carbocycles. The van der Waals surface area contributed by atoms with E-state index in [1.807, 2.05) is 24.3 Å². The predicted octanol–water partition coefficient (Wildman–Crippen LogP) is 2.70. The first-order valence-electron chi connectivity index (χ1n) is 10.0. The normalized spacial score (nSPS) is 14.4. The first-order valence-corrected chi connectivity index (χ1v) is 10.8. The molecule has 1 saturated heterocycles. The van der Waals surface area contributed by atoms with Crippen molar-refractivity contribution in [3.8, 4) is 17.2 Å². The van der Waals surface area contributed by atoms with Gasteiger partial charge in [0.25, 0.3) is 5.91 Å². The van der Waals surface area contributed by atoms with Crippen molar-refractivity contribution in [2.24, 2.45) is 0 Å². The summed E-state index contributed by atoms with van der Waals surface area (Å²) in [6.07, 6.45) is 0. The van der Waals surface area contributed by atoms with Gasteiger partial charge in [-0.05, 0) is 52.9 Å². The van der Waals surface area contributed by atoms with Crippen LogP contribution in [-0.4, -0.2) is 75.8 Å². The molecule has 0 spiro atoms. The number of methoxy groups -OCH3 is 1. The minimum atomic E-state index is -0.0845. The largest absolute Gasteiger partial charge is 0.497 e. The summed E-state index contributed by atoms with van der Waals surface area (Å²) < 4.78 is 12.5. The lowest BCUT2D eigenvalue weighted by Crippen LogP contribution is -2.49. The second-order valence-electron chi connectivity index (χ2n) is 7.23. The summed E-state index contributed by atoms with van der Waals surface area (Å²) in [6.45, 7) is 3.13. The lowest BCUT2D eigenvalue weighted by molar-refractivity contribution is -0.135. The number of halogens is 2. The van der Waals surface area contributed by atoms with Crippen molar-refractivity contribution in [3.63, 3.8) is 0 Å². The minimum Gasteiger partial charge on any atom is -0.497 e. The van der Waals surface area contributed by atoms with Gasteiger partial charge in [-0.1, -0.05) is 23.2 Å². The molecule has 1 aliphatic rings. The number of tetrazole rings is 1. The fourth-order valence-electron chi connectivity index (χ4n) is 3.41. The Balaban J connectivity index is 1.29. The first-order chi connectivity index (χ1) is 15.5. The standard InChI is InChI=1S/C21H22Cl2N6O3/c1-31-17-5-3-16(4-6-17)29-20(24-25-26-29)13-27-8-10-28(11-9-27)21(30)14-32-19-7-2-15(22)12-18(19)23/h2-7,12H,8-11,13-14H2,1H3. The number of hydrogen-bond acceptors (Lipinski definition) is 7. The number of amides is 1. The van der Waals surface area contributed by atoms with Gasteiger partial charge in [0.15, 0.2) is 12.4 Å². The molecule has 0 bridgehead atoms. The Hall–Kier alpha value is -2.88. The number of rotatable bonds is 7. The lowest BCUT2D eigenvalue weighted by Gasteiger charge is -2.34. The molecule has 0 radical (unpaired) electrons. The van der Waals surface area contributed by atoms with Crippen LogP contribution in [0.25, 0.3) is 5.69 Å². The van der Waals surface area contributed by atoms with Gasteiger partial charge in [-0.2, -0.15) is 4.68 Å². The highest BCUT2D eigenvalue weighted by atomic mass is 35.5. The Bertz CT molecular complexity index is 1070. The van der Waals surface area contributed by atoms with Crippen LogP contribution in [-0.2, 0) is 11.3 Å². The number of nitrogens with zero attached hydrogens (tertiary/aromatic N) is 6. The predicted molar refractivity (Wildman–Crippen MR) is 120 cm³/mol. The summed E-state index contributed by atoms with van der Waals surface area (Å²) in [7, 11) is 1.63. The summed E-state index contributed by atoms with van der Waals surface area (Å²) in [5.74, 6) is 1.86. The van der Waals surface area contributed by atoms with Crippen molar-refractivity contribution in [1.82, 2.24) is 30.0 Å². The smallest absolute Gasteiger partial charge is 0.260 e. The van der Waals surface area contributed by atoms with Crippen LogP contribution in [0.5, 0.6) is 11.5 Å². The van der Waals surface area contributed by atoms with Crippen LogP contribution in [0.2, 0.25) is 10.0 Å². The molecule has 2 aromatic carbocycles. The molecular formula is C21H22Cl2N6O3. The van der Waals surface area contributed by atoms with E-state index in [0.717, 1.165) is 17.3 Å². The first kappa shape index (κ1) is 22.3. The second-order valence-corrected chi connectivity index (χ2v) is 8.07. The molecule has 32 heavy (non-hydrogen) atoms. The zero-order valence-electron chi connectivity index (χ0n) is 17.4. The molecule has 1 aliphatic heterocycles. The van der Waals surface area contributed by atoms with Gasteiger partial charge in [0.2, 0.25) is 0 Å². The number of aromatic nitrogens is 4. The minimum absolute atomic E-state index is 0.0724. The number of benzene rings is 2. The lowest BCUT2D eigenvalue weighted by atomic mass is 10.3. The van der Waals surface area contributed by atoms with Gasteiger partial charge < -0.3 is 14.4 Å². The molecule has 168 valence electrons. The maximum Gasteiger partial charge on any atom is 0.260 e. The van der Waals surface area contributed by atoms with E-state index >= 15 is 0 Å². The summed E-state index contributed by atoms with van der Waals surface area (Å²) >= 11 is 12.0. The van der Waals surface area contributed by atoms with E-state index in [-0.39, 0.29) is 12.5 Å². The fraction of sp³-hybridized carbons (Fsp3) is 0.333. The third-order valence-electron chi connectivity index (χ3n) is 5.19. The van der Waals surface area contributed by atoms with E-state index < -0.39 is 0 Å². The Morgan fingerprint density at radius 2 is 1.81 bits per heavy atom. The van der Waals surface area contributed by atoms with Crippen LogP contribution in [0.15, 0.2) is 42.5 Å². The molecule has 1 aromatic heterocycles. The third-order valence-corrected chi connectivity index (χ3v) is 5.72. The van der Waals surface area contributed by atoms with Gasteiger partial charge >= 0.3 is 0 Å². The van der Waals surface area contributed by atoms with Gasteiger partial charge in [0.05, 0.1) is 24.4 Å². The summed E-state index contributed by atoms with van der Waals surface area (Å²) in [4.78, 5) is 16.5. The average molecular weight is 477 g/mol. The van der Waals surface area contributed by atoms with Crippen molar-refractivity contribution in [2.75, 3.05) is 39.9 Å². The van der Waals surface area contributed by atoms with Crippen LogP contribution in [0.3, 0.4) is 0 Å². The number of piperazine rings is 1. The number of carbonyl (C=O) groups is 1. The molecule has 9 nitrogen and oxygen atoms in total. The van der Waals surface area contributed by atoms with Gasteiger partial charge in [-0.25, -0.2) is 0 Å². The van der Waals surface area contributed by atoms with Crippen LogP contribution in [0.1, 0.15) is 5.82 Å². The average Bonchev–Trinajstić information content (AvgIpc) is 3.27. The zero-order chi connectivity index (χ0) is 22.5. The van der Waals surface area contributed by atoms with Crippen LogP contribution in [0.4, 0.5) is 0 Å². The third kappa shape index (κ3) is 5.29. The Morgan fingerprint density at radius 3 is 2.50 bits per heavy atom. The van der Waals surface area contributed by atoms with Crippen LogP contribution in [0, 0.1) is 0 Å². The Labute approximate surface area is 195 Å². The molecule has 0 unspecified atom stereocenters. The molecule has 0 aliphatic carbocycles. The van der Waals surface area contributed by atoms with E-state index in [1.54, 1.807) is 34.9 Å². The van der Waals surface area contributed by atoms with E-state index in [0.29, 0.717) is 48.5 Å². The molecule has 0 atom stereocenters. The van der Waals surface area contributed by atoms with E-state index in [1.165, 1.54) is 0 Å². The maximum atomic E-state index is 12.5. The van der Waals surface area contributed by atoms with Crippen molar-refractivity contribution in [1.29, 1.82) is 0 Å². The van der Waals surface area contributed by atoms with Crippen molar-refractivity contribution < 1.29 is 14.3 Å². The number of hydrogen-bond donors (Lipinski definition) is 0. The van der Waals surface area contributed by atoms with Gasteiger partial charge in [0.1, 0.15) is 11.5 Å². The topological polar surface area (TPSA) is 85.6 Å². The molecule has 4 rings (SSSR count). The Morgan fingerprint density at radius 1 is 1.06 bits per heavy atom. The van der Waals surface area contributed by atoms with E-state index in [4.69, 9.17) is 32.7 Å². The van der Waals surface area contributed by atoms with Gasteiger partial charge in [-0.15, -0.1) is 5.10 Å². The molecule has 2 heterocycles. The SMILES string of the molecule is COc1ccc(-n2nnnc2CN2CCN(C(=O)COc3ccc(Cl)cc3Cl)CC2)cc1. The summed E-state index contributed by atoms with van der Waals surface area (Å²) in [6, 6.07) is 12.5. The van der Waals surface area contributed by atoms with E-state index in [9.17, 15) is 4.79 Å². The van der Waals surface area contributed by atoms with Crippen molar-refractivity contribution >= 4 is 29.1 Å². The molecule has 3 aromatic rings. The zero-order valence-corrected chi connectivity index (χ0v) is 19.0. The fourth-order valence-corrected chi connectivity index (χ4v) is 3.87. The second kappa shape index (κ2) is 10.2. The molecule has 1 fully saturated rings. The monoisotopic (exact) mass is 476 g/mol. The molecule has 11 heteroatoms. The maximum absolute atomic E-state index is 12.5. The molecular weight excluding hydrogens is 455 g/mol. The van der Waals surface area contributed by atoms with E-state index in [2.05, 4.69) is 20.4 Å². The van der Waals surface area contributed by atoms with Gasteiger partial charge in [-0.3, -0.25) is 9.69 Å². The highest BCUT2D eigenvalue weighted by molar-refractivity contribution is 6.35. The van der Waals surface area contributed by atoms with Crippen LogP contribution >= 0.6 is 23.2 Å². The highest BCUT2D eigenvalue weighted by Crippen LogP contribution is 2.27. The summed E-state index contributed by atoms with van der Waals surface area (Å²) in [5, 5.41) is 13.0. The quantitative estimate of drug-likeness (QED) is 0.517. The highest BCUT2D eigenvalue weighted by Gasteiger charge is 2.23.